The zero-order valence-electron chi connectivity index (χ0n) is 17.5. The molecular formula is C23H25FN4O2S. The standard InChI is InChI=1S/C23H25FN4O2S/c1-15(2)28-21(25-26-23(28)31)16-10-12-27(13-11-16)22(29)17-6-8-19(9-7-17)30-20-5-3-4-18(24)14-20/h3-9,14-16H,10-13H2,1-2H3,(H,26,31). The van der Waals surface area contributed by atoms with Crippen LogP contribution in [-0.4, -0.2) is 38.7 Å². The molecule has 1 aliphatic rings. The minimum atomic E-state index is -0.356. The maximum absolute atomic E-state index is 13.3. The van der Waals surface area contributed by atoms with Gasteiger partial charge in [-0.3, -0.25) is 9.89 Å². The van der Waals surface area contributed by atoms with E-state index in [0.29, 0.717) is 34.9 Å². The van der Waals surface area contributed by atoms with E-state index in [4.69, 9.17) is 17.0 Å². The Labute approximate surface area is 185 Å². The number of hydrogen-bond acceptors (Lipinski definition) is 4. The van der Waals surface area contributed by atoms with E-state index in [-0.39, 0.29) is 23.7 Å². The van der Waals surface area contributed by atoms with Crippen LogP contribution >= 0.6 is 12.2 Å². The maximum atomic E-state index is 13.3. The Hall–Kier alpha value is -3.00. The summed E-state index contributed by atoms with van der Waals surface area (Å²) in [5.74, 6) is 1.87. The number of nitrogens with one attached hydrogen (secondary N) is 1. The van der Waals surface area contributed by atoms with Gasteiger partial charge in [0.25, 0.3) is 5.91 Å². The third-order valence-corrected chi connectivity index (χ3v) is 5.82. The zero-order chi connectivity index (χ0) is 22.0. The molecule has 162 valence electrons. The van der Waals surface area contributed by atoms with Crippen LogP contribution in [0.5, 0.6) is 11.5 Å². The lowest BCUT2D eigenvalue weighted by Gasteiger charge is -2.32. The van der Waals surface area contributed by atoms with Gasteiger partial charge in [-0.25, -0.2) is 4.39 Å². The summed E-state index contributed by atoms with van der Waals surface area (Å²) in [4.78, 5) is 14.8. The van der Waals surface area contributed by atoms with E-state index in [9.17, 15) is 9.18 Å². The second kappa shape index (κ2) is 9.01. The molecule has 0 unspecified atom stereocenters. The van der Waals surface area contributed by atoms with Crippen molar-refractivity contribution in [2.45, 2.75) is 38.6 Å². The molecule has 1 fully saturated rings. The molecule has 0 bridgehead atoms. The van der Waals surface area contributed by atoms with E-state index in [2.05, 4.69) is 28.6 Å². The number of hydrogen-bond donors (Lipinski definition) is 1. The highest BCUT2D eigenvalue weighted by Gasteiger charge is 2.28. The van der Waals surface area contributed by atoms with Crippen molar-refractivity contribution in [2.75, 3.05) is 13.1 Å². The van der Waals surface area contributed by atoms with Gasteiger partial charge in [0.1, 0.15) is 23.1 Å². The number of nitrogens with zero attached hydrogens (tertiary/aromatic N) is 3. The maximum Gasteiger partial charge on any atom is 0.253 e. The topological polar surface area (TPSA) is 63.1 Å². The van der Waals surface area contributed by atoms with E-state index in [1.807, 2.05) is 4.90 Å². The average Bonchev–Trinajstić information content (AvgIpc) is 3.16. The molecular weight excluding hydrogens is 415 g/mol. The first-order chi connectivity index (χ1) is 14.9. The quantitative estimate of drug-likeness (QED) is 0.534. The molecule has 0 saturated carbocycles. The fourth-order valence-corrected chi connectivity index (χ4v) is 4.31. The SMILES string of the molecule is CC(C)n1c(C2CCN(C(=O)c3ccc(Oc4cccc(F)c4)cc3)CC2)n[nH]c1=S. The van der Waals surface area contributed by atoms with Crippen molar-refractivity contribution in [2.24, 2.45) is 0 Å². The van der Waals surface area contributed by atoms with Gasteiger partial charge in [0, 0.05) is 36.7 Å². The highest BCUT2D eigenvalue weighted by atomic mass is 32.1. The molecule has 3 aromatic rings. The van der Waals surface area contributed by atoms with E-state index >= 15 is 0 Å². The van der Waals surface area contributed by atoms with Gasteiger partial charge in [-0.15, -0.1) is 0 Å². The van der Waals surface area contributed by atoms with Gasteiger partial charge >= 0.3 is 0 Å². The first-order valence-electron chi connectivity index (χ1n) is 10.4. The first kappa shape index (κ1) is 21.2. The lowest BCUT2D eigenvalue weighted by Crippen LogP contribution is -2.38. The summed E-state index contributed by atoms with van der Waals surface area (Å²) in [6.45, 7) is 5.52. The molecule has 2 heterocycles. The smallest absolute Gasteiger partial charge is 0.253 e. The molecule has 8 heteroatoms. The van der Waals surface area contributed by atoms with E-state index in [1.165, 1.54) is 12.1 Å². The van der Waals surface area contributed by atoms with Crippen molar-refractivity contribution in [3.8, 4) is 11.5 Å². The highest BCUT2D eigenvalue weighted by molar-refractivity contribution is 7.71. The number of amides is 1. The normalized spacial score (nSPS) is 14.8. The van der Waals surface area contributed by atoms with Crippen LogP contribution in [-0.2, 0) is 0 Å². The van der Waals surface area contributed by atoms with Crippen LogP contribution in [0.4, 0.5) is 4.39 Å². The predicted molar refractivity (Wildman–Crippen MR) is 119 cm³/mol. The number of carbonyl (C=O) groups is 1. The summed E-state index contributed by atoms with van der Waals surface area (Å²) < 4.78 is 21.7. The largest absolute Gasteiger partial charge is 0.457 e. The van der Waals surface area contributed by atoms with Crippen molar-refractivity contribution in [1.82, 2.24) is 19.7 Å². The molecule has 1 aliphatic heterocycles. The van der Waals surface area contributed by atoms with Gasteiger partial charge in [0.2, 0.25) is 0 Å². The van der Waals surface area contributed by atoms with Crippen molar-refractivity contribution < 1.29 is 13.9 Å². The van der Waals surface area contributed by atoms with Crippen LogP contribution in [0.3, 0.4) is 0 Å². The van der Waals surface area contributed by atoms with Crippen molar-refractivity contribution in [1.29, 1.82) is 0 Å². The van der Waals surface area contributed by atoms with Gasteiger partial charge in [0.15, 0.2) is 4.77 Å². The minimum absolute atomic E-state index is 0.00141. The Morgan fingerprint density at radius 1 is 1.16 bits per heavy atom. The van der Waals surface area contributed by atoms with Gasteiger partial charge in [-0.2, -0.15) is 5.10 Å². The number of rotatable bonds is 5. The number of halogens is 1. The molecule has 4 rings (SSSR count). The van der Waals surface area contributed by atoms with Gasteiger partial charge in [-0.05, 0) is 75.3 Å². The van der Waals surface area contributed by atoms with Crippen molar-refractivity contribution in [3.05, 3.63) is 70.5 Å². The van der Waals surface area contributed by atoms with Crippen LogP contribution in [0.1, 0.15) is 54.8 Å². The Kier molecular flexibility index (Phi) is 6.18. The third-order valence-electron chi connectivity index (χ3n) is 5.53. The predicted octanol–water partition coefficient (Wildman–Crippen LogP) is 5.47. The molecule has 1 aromatic heterocycles. The van der Waals surface area contributed by atoms with Crippen LogP contribution in [0, 0.1) is 10.6 Å². The van der Waals surface area contributed by atoms with Crippen LogP contribution < -0.4 is 4.74 Å². The summed E-state index contributed by atoms with van der Waals surface area (Å²) in [5.41, 5.74) is 0.606. The number of H-pyrrole nitrogens is 1. The Morgan fingerprint density at radius 3 is 2.52 bits per heavy atom. The molecule has 1 N–H and O–H groups in total. The molecule has 1 amide bonds. The second-order valence-corrected chi connectivity index (χ2v) is 8.39. The molecule has 0 atom stereocenters. The molecule has 1 saturated heterocycles. The summed E-state index contributed by atoms with van der Waals surface area (Å²) in [6, 6.07) is 13.1. The van der Waals surface area contributed by atoms with Gasteiger partial charge in [-0.1, -0.05) is 6.07 Å². The minimum Gasteiger partial charge on any atom is -0.457 e. The number of ether oxygens (including phenoxy) is 1. The molecule has 0 spiro atoms. The number of piperidine rings is 1. The Bertz CT molecular complexity index is 1120. The molecule has 0 aliphatic carbocycles. The zero-order valence-corrected chi connectivity index (χ0v) is 18.4. The second-order valence-electron chi connectivity index (χ2n) is 8.00. The summed E-state index contributed by atoms with van der Waals surface area (Å²) in [5, 5.41) is 7.35. The van der Waals surface area contributed by atoms with Crippen LogP contribution in [0.2, 0.25) is 0 Å². The number of carbonyl (C=O) groups excluding carboxylic acids is 1. The fourth-order valence-electron chi connectivity index (χ4n) is 3.96. The molecule has 0 radical (unpaired) electrons. The summed E-state index contributed by atoms with van der Waals surface area (Å²) in [6.07, 6.45) is 1.69. The number of aromatic nitrogens is 3. The Morgan fingerprint density at radius 2 is 1.87 bits per heavy atom. The fraction of sp³-hybridized carbons (Fsp3) is 0.348. The highest BCUT2D eigenvalue weighted by Crippen LogP contribution is 2.29. The van der Waals surface area contributed by atoms with E-state index < -0.39 is 0 Å². The van der Waals surface area contributed by atoms with Gasteiger partial charge in [0.05, 0.1) is 0 Å². The Balaban J connectivity index is 1.38. The number of likely N-dealkylation sites (tertiary alicyclic amines) is 1. The average molecular weight is 441 g/mol. The molecule has 6 nitrogen and oxygen atoms in total. The van der Waals surface area contributed by atoms with Crippen LogP contribution in [0.25, 0.3) is 0 Å². The monoisotopic (exact) mass is 440 g/mol. The van der Waals surface area contributed by atoms with Crippen molar-refractivity contribution in [3.63, 3.8) is 0 Å². The summed E-state index contributed by atoms with van der Waals surface area (Å²) >= 11 is 5.36. The number of aromatic amines is 1. The first-order valence-corrected chi connectivity index (χ1v) is 10.8. The lowest BCUT2D eigenvalue weighted by atomic mass is 9.95. The molecule has 2 aromatic carbocycles. The van der Waals surface area contributed by atoms with Crippen LogP contribution in [0.15, 0.2) is 48.5 Å². The van der Waals surface area contributed by atoms with E-state index in [1.54, 1.807) is 36.4 Å². The number of benzene rings is 2. The lowest BCUT2D eigenvalue weighted by molar-refractivity contribution is 0.0710. The van der Waals surface area contributed by atoms with Crippen molar-refractivity contribution >= 4 is 18.1 Å². The molecule has 31 heavy (non-hydrogen) atoms. The summed E-state index contributed by atoms with van der Waals surface area (Å²) in [7, 11) is 0. The third kappa shape index (κ3) is 4.69. The van der Waals surface area contributed by atoms with Gasteiger partial charge < -0.3 is 14.2 Å². The van der Waals surface area contributed by atoms with E-state index in [0.717, 1.165) is 18.7 Å².